The number of likely N-dealkylation sites (tertiary alicyclic amines) is 1. The number of hydrogen-bond acceptors (Lipinski definition) is 3. The summed E-state index contributed by atoms with van der Waals surface area (Å²) in [6.45, 7) is 5.67. The van der Waals surface area contributed by atoms with Gasteiger partial charge in [-0.15, -0.1) is 0 Å². The van der Waals surface area contributed by atoms with Gasteiger partial charge in [-0.25, -0.2) is 0 Å². The van der Waals surface area contributed by atoms with Crippen molar-refractivity contribution in [2.75, 3.05) is 5.32 Å². The second-order valence-corrected chi connectivity index (χ2v) is 5.97. The van der Waals surface area contributed by atoms with Crippen molar-refractivity contribution in [3.8, 4) is 0 Å². The molecule has 1 saturated heterocycles. The number of imide groups is 1. The summed E-state index contributed by atoms with van der Waals surface area (Å²) in [7, 11) is 0. The van der Waals surface area contributed by atoms with Crippen molar-refractivity contribution >= 4 is 33.4 Å². The van der Waals surface area contributed by atoms with Gasteiger partial charge >= 0.3 is 0 Å². The van der Waals surface area contributed by atoms with Gasteiger partial charge in [-0.05, 0) is 44.5 Å². The molecule has 1 aliphatic rings. The van der Waals surface area contributed by atoms with E-state index < -0.39 is 6.04 Å². The Labute approximate surface area is 121 Å². The van der Waals surface area contributed by atoms with Gasteiger partial charge in [0, 0.05) is 16.2 Å². The fraction of sp³-hybridized carbons (Fsp3) is 0.429. The highest BCUT2D eigenvalue weighted by Crippen LogP contribution is 2.24. The SMILES string of the molecule is Cc1cc(Br)ccc1NC1CC(=O)N(C(C)C)C1=O. The molecule has 1 N–H and O–H groups in total. The normalized spacial score (nSPS) is 19.4. The minimum absolute atomic E-state index is 0.0854. The number of nitrogens with zero attached hydrogens (tertiary/aromatic N) is 1. The molecule has 0 radical (unpaired) electrons. The number of hydrogen-bond donors (Lipinski definition) is 1. The Morgan fingerprint density at radius 2 is 2.05 bits per heavy atom. The standard InChI is InChI=1S/C14H17BrN2O2/c1-8(2)17-13(18)7-12(14(17)19)16-11-5-4-10(15)6-9(11)3/h4-6,8,12,16H,7H2,1-3H3. The van der Waals surface area contributed by atoms with Crippen LogP contribution in [0.25, 0.3) is 0 Å². The summed E-state index contributed by atoms with van der Waals surface area (Å²) in [6, 6.07) is 5.27. The summed E-state index contributed by atoms with van der Waals surface area (Å²) in [5.41, 5.74) is 1.93. The van der Waals surface area contributed by atoms with Crippen LogP contribution in [-0.2, 0) is 9.59 Å². The second kappa shape index (κ2) is 5.33. The molecule has 1 unspecified atom stereocenters. The quantitative estimate of drug-likeness (QED) is 0.870. The summed E-state index contributed by atoms with van der Waals surface area (Å²) >= 11 is 3.40. The molecule has 2 amide bonds. The molecule has 4 nitrogen and oxygen atoms in total. The van der Waals surface area contributed by atoms with E-state index in [0.29, 0.717) is 0 Å². The van der Waals surface area contributed by atoms with Crippen LogP contribution in [0.15, 0.2) is 22.7 Å². The minimum atomic E-state index is -0.449. The Morgan fingerprint density at radius 1 is 1.37 bits per heavy atom. The molecule has 1 atom stereocenters. The summed E-state index contributed by atoms with van der Waals surface area (Å²) in [5.74, 6) is -0.241. The monoisotopic (exact) mass is 324 g/mol. The van der Waals surface area contributed by atoms with Crippen LogP contribution in [0.4, 0.5) is 5.69 Å². The molecule has 102 valence electrons. The Balaban J connectivity index is 2.16. The van der Waals surface area contributed by atoms with Crippen LogP contribution >= 0.6 is 15.9 Å². The Morgan fingerprint density at radius 3 is 2.58 bits per heavy atom. The topological polar surface area (TPSA) is 49.4 Å². The highest BCUT2D eigenvalue weighted by atomic mass is 79.9. The zero-order valence-electron chi connectivity index (χ0n) is 11.2. The molecule has 0 spiro atoms. The van der Waals surface area contributed by atoms with E-state index in [1.165, 1.54) is 4.90 Å². The molecule has 0 bridgehead atoms. The molecule has 1 fully saturated rings. The van der Waals surface area contributed by atoms with Gasteiger partial charge in [0.2, 0.25) is 5.91 Å². The first-order chi connectivity index (χ1) is 8.90. The van der Waals surface area contributed by atoms with Crippen molar-refractivity contribution in [2.45, 2.75) is 39.3 Å². The molecule has 0 saturated carbocycles. The predicted octanol–water partition coefficient (Wildman–Crippen LogP) is 2.71. The lowest BCUT2D eigenvalue weighted by Gasteiger charge is -2.20. The maximum atomic E-state index is 12.2. The third-order valence-electron chi connectivity index (χ3n) is 3.22. The fourth-order valence-electron chi connectivity index (χ4n) is 2.28. The van der Waals surface area contributed by atoms with E-state index in [-0.39, 0.29) is 24.3 Å². The van der Waals surface area contributed by atoms with Crippen LogP contribution < -0.4 is 5.32 Å². The predicted molar refractivity (Wildman–Crippen MR) is 77.9 cm³/mol. The molecular formula is C14H17BrN2O2. The van der Waals surface area contributed by atoms with Crippen molar-refractivity contribution < 1.29 is 9.59 Å². The smallest absolute Gasteiger partial charge is 0.252 e. The van der Waals surface area contributed by atoms with E-state index in [9.17, 15) is 9.59 Å². The minimum Gasteiger partial charge on any atom is -0.373 e. The number of carbonyl (C=O) groups is 2. The lowest BCUT2D eigenvalue weighted by atomic mass is 10.1. The van der Waals surface area contributed by atoms with Gasteiger partial charge < -0.3 is 5.32 Å². The third kappa shape index (κ3) is 2.81. The first kappa shape index (κ1) is 14.1. The molecule has 5 heteroatoms. The van der Waals surface area contributed by atoms with Crippen LogP contribution in [0, 0.1) is 6.92 Å². The molecule has 0 aromatic heterocycles. The number of carbonyl (C=O) groups excluding carboxylic acids is 2. The third-order valence-corrected chi connectivity index (χ3v) is 3.71. The molecule has 1 heterocycles. The molecule has 2 rings (SSSR count). The zero-order valence-corrected chi connectivity index (χ0v) is 12.8. The molecule has 1 aliphatic heterocycles. The summed E-state index contributed by atoms with van der Waals surface area (Å²) in [6.07, 6.45) is 0.229. The maximum absolute atomic E-state index is 12.2. The van der Waals surface area contributed by atoms with Gasteiger partial charge in [-0.1, -0.05) is 15.9 Å². The number of rotatable bonds is 3. The van der Waals surface area contributed by atoms with Gasteiger partial charge in [0.15, 0.2) is 0 Å². The molecule has 19 heavy (non-hydrogen) atoms. The number of anilines is 1. The number of nitrogens with one attached hydrogen (secondary N) is 1. The van der Waals surface area contributed by atoms with Gasteiger partial charge in [0.1, 0.15) is 6.04 Å². The van der Waals surface area contributed by atoms with E-state index in [1.807, 2.05) is 39.0 Å². The van der Waals surface area contributed by atoms with Crippen LogP contribution in [0.5, 0.6) is 0 Å². The Kier molecular flexibility index (Phi) is 3.94. The van der Waals surface area contributed by atoms with E-state index in [1.54, 1.807) is 0 Å². The highest BCUT2D eigenvalue weighted by Gasteiger charge is 2.39. The molecule has 1 aromatic rings. The van der Waals surface area contributed by atoms with E-state index in [0.717, 1.165) is 15.7 Å². The van der Waals surface area contributed by atoms with Gasteiger partial charge in [0.25, 0.3) is 5.91 Å². The van der Waals surface area contributed by atoms with Gasteiger partial charge in [-0.3, -0.25) is 14.5 Å². The van der Waals surface area contributed by atoms with E-state index in [4.69, 9.17) is 0 Å². The van der Waals surface area contributed by atoms with Gasteiger partial charge in [-0.2, -0.15) is 0 Å². The average molecular weight is 325 g/mol. The first-order valence-electron chi connectivity index (χ1n) is 6.28. The first-order valence-corrected chi connectivity index (χ1v) is 7.08. The number of halogens is 1. The Bertz CT molecular complexity index is 528. The van der Waals surface area contributed by atoms with E-state index in [2.05, 4.69) is 21.2 Å². The zero-order chi connectivity index (χ0) is 14.2. The highest BCUT2D eigenvalue weighted by molar-refractivity contribution is 9.10. The Hall–Kier alpha value is -1.36. The van der Waals surface area contributed by atoms with Gasteiger partial charge in [0.05, 0.1) is 6.42 Å². The molecule has 0 aliphatic carbocycles. The maximum Gasteiger partial charge on any atom is 0.252 e. The fourth-order valence-corrected chi connectivity index (χ4v) is 2.76. The lowest BCUT2D eigenvalue weighted by molar-refractivity contribution is -0.140. The average Bonchev–Trinajstić information content (AvgIpc) is 2.58. The van der Waals surface area contributed by atoms with Crippen molar-refractivity contribution in [3.63, 3.8) is 0 Å². The van der Waals surface area contributed by atoms with Crippen molar-refractivity contribution in [1.82, 2.24) is 4.90 Å². The molecular weight excluding hydrogens is 308 g/mol. The van der Waals surface area contributed by atoms with Crippen LogP contribution in [0.2, 0.25) is 0 Å². The van der Waals surface area contributed by atoms with Crippen molar-refractivity contribution in [1.29, 1.82) is 0 Å². The second-order valence-electron chi connectivity index (χ2n) is 5.06. The van der Waals surface area contributed by atoms with E-state index >= 15 is 0 Å². The summed E-state index contributed by atoms with van der Waals surface area (Å²) < 4.78 is 0.994. The summed E-state index contributed by atoms with van der Waals surface area (Å²) in [4.78, 5) is 25.3. The summed E-state index contributed by atoms with van der Waals surface area (Å²) in [5, 5.41) is 3.17. The van der Waals surface area contributed by atoms with Crippen LogP contribution in [0.1, 0.15) is 25.8 Å². The van der Waals surface area contributed by atoms with Crippen molar-refractivity contribution in [3.05, 3.63) is 28.2 Å². The molecule has 1 aromatic carbocycles. The number of benzene rings is 1. The van der Waals surface area contributed by atoms with Crippen LogP contribution in [0.3, 0.4) is 0 Å². The van der Waals surface area contributed by atoms with Crippen LogP contribution in [-0.4, -0.2) is 28.8 Å². The number of aryl methyl sites for hydroxylation is 1. The number of amides is 2. The largest absolute Gasteiger partial charge is 0.373 e. The van der Waals surface area contributed by atoms with Crippen molar-refractivity contribution in [2.24, 2.45) is 0 Å². The lowest BCUT2D eigenvalue weighted by Crippen LogP contribution is -2.39.